The van der Waals surface area contributed by atoms with Crippen LogP contribution in [0, 0.1) is 5.92 Å². The number of hydrogen-bond donors (Lipinski definition) is 0. The molecule has 2 aliphatic rings. The molecule has 4 rings (SSSR count). The zero-order chi connectivity index (χ0) is 23.0. The predicted molar refractivity (Wildman–Crippen MR) is 129 cm³/mol. The number of aromatic nitrogens is 1. The van der Waals surface area contributed by atoms with Gasteiger partial charge in [-0.1, -0.05) is 49.6 Å². The molecule has 0 N–H and O–H groups in total. The standard InChI is InChI=1S/C27H37N3O3/c1-33-18-17-29(20-25-13-8-16-28(25)19-22-9-4-2-5-10-22)26(31)21-30(27(32)23-14-15-23)24-11-6-3-7-12-24/h2,4-5,8-10,13,16,23-24H,3,6-7,11-12,14-15,17-21H2,1H3. The van der Waals surface area contributed by atoms with Crippen LogP contribution in [0.5, 0.6) is 0 Å². The van der Waals surface area contributed by atoms with Crippen LogP contribution >= 0.6 is 0 Å². The summed E-state index contributed by atoms with van der Waals surface area (Å²) in [5.41, 5.74) is 2.31. The lowest BCUT2D eigenvalue weighted by Crippen LogP contribution is -2.49. The Morgan fingerprint density at radius 2 is 1.76 bits per heavy atom. The first kappa shape index (κ1) is 23.6. The molecule has 2 amide bonds. The molecule has 1 aromatic heterocycles. The highest BCUT2D eigenvalue weighted by molar-refractivity contribution is 5.87. The van der Waals surface area contributed by atoms with Crippen molar-refractivity contribution < 1.29 is 14.3 Å². The fourth-order valence-corrected chi connectivity index (χ4v) is 4.81. The van der Waals surface area contributed by atoms with Gasteiger partial charge in [-0.05, 0) is 43.4 Å². The zero-order valence-electron chi connectivity index (χ0n) is 19.8. The number of ether oxygens (including phenoxy) is 1. The minimum absolute atomic E-state index is 0.0130. The van der Waals surface area contributed by atoms with Crippen LogP contribution < -0.4 is 0 Å². The molecule has 0 saturated heterocycles. The Morgan fingerprint density at radius 3 is 2.45 bits per heavy atom. The van der Waals surface area contributed by atoms with Crippen LogP contribution in [0.3, 0.4) is 0 Å². The smallest absolute Gasteiger partial charge is 0.242 e. The molecule has 0 atom stereocenters. The Hall–Kier alpha value is -2.60. The van der Waals surface area contributed by atoms with Crippen LogP contribution in [-0.4, -0.2) is 59.0 Å². The van der Waals surface area contributed by atoms with Gasteiger partial charge in [0.25, 0.3) is 0 Å². The number of amides is 2. The Balaban J connectivity index is 1.46. The summed E-state index contributed by atoms with van der Waals surface area (Å²) in [5, 5.41) is 0. The van der Waals surface area contributed by atoms with E-state index in [2.05, 4.69) is 29.0 Å². The van der Waals surface area contributed by atoms with E-state index in [4.69, 9.17) is 4.74 Å². The first-order valence-corrected chi connectivity index (χ1v) is 12.4. The molecule has 2 fully saturated rings. The van der Waals surface area contributed by atoms with E-state index in [-0.39, 0.29) is 30.3 Å². The highest BCUT2D eigenvalue weighted by atomic mass is 16.5. The van der Waals surface area contributed by atoms with E-state index < -0.39 is 0 Å². The topological polar surface area (TPSA) is 54.8 Å². The summed E-state index contributed by atoms with van der Waals surface area (Å²) < 4.78 is 7.49. The highest BCUT2D eigenvalue weighted by Gasteiger charge is 2.38. The minimum atomic E-state index is 0.0130. The summed E-state index contributed by atoms with van der Waals surface area (Å²) in [6.45, 7) is 2.46. The monoisotopic (exact) mass is 451 g/mol. The van der Waals surface area contributed by atoms with Crippen LogP contribution in [0.2, 0.25) is 0 Å². The van der Waals surface area contributed by atoms with E-state index in [1.807, 2.05) is 34.1 Å². The van der Waals surface area contributed by atoms with Crippen molar-refractivity contribution in [1.82, 2.24) is 14.4 Å². The maximum Gasteiger partial charge on any atom is 0.242 e. The van der Waals surface area contributed by atoms with Gasteiger partial charge in [0.05, 0.1) is 13.2 Å². The molecule has 2 aromatic rings. The van der Waals surface area contributed by atoms with Gasteiger partial charge in [-0.15, -0.1) is 0 Å². The number of methoxy groups -OCH3 is 1. The van der Waals surface area contributed by atoms with Crippen LogP contribution in [-0.2, 0) is 27.4 Å². The summed E-state index contributed by atoms with van der Waals surface area (Å²) in [6, 6.07) is 14.7. The largest absolute Gasteiger partial charge is 0.383 e. The van der Waals surface area contributed by atoms with Gasteiger partial charge in [-0.3, -0.25) is 9.59 Å². The fraction of sp³-hybridized carbons (Fsp3) is 0.556. The number of carbonyl (C=O) groups is 2. The molecular formula is C27H37N3O3. The average molecular weight is 452 g/mol. The van der Waals surface area contributed by atoms with Crippen molar-refractivity contribution in [3.8, 4) is 0 Å². The van der Waals surface area contributed by atoms with E-state index in [0.29, 0.717) is 19.7 Å². The van der Waals surface area contributed by atoms with E-state index in [1.165, 1.54) is 12.0 Å². The molecule has 0 radical (unpaired) electrons. The van der Waals surface area contributed by atoms with Gasteiger partial charge in [0, 0.05) is 44.0 Å². The van der Waals surface area contributed by atoms with Gasteiger partial charge < -0.3 is 19.1 Å². The number of hydrogen-bond acceptors (Lipinski definition) is 3. The molecular weight excluding hydrogens is 414 g/mol. The highest BCUT2D eigenvalue weighted by Crippen LogP contribution is 2.33. The summed E-state index contributed by atoms with van der Waals surface area (Å²) in [6.07, 6.45) is 9.56. The van der Waals surface area contributed by atoms with E-state index in [1.54, 1.807) is 7.11 Å². The quantitative estimate of drug-likeness (QED) is 0.517. The second-order valence-corrected chi connectivity index (χ2v) is 9.45. The van der Waals surface area contributed by atoms with Crippen molar-refractivity contribution in [1.29, 1.82) is 0 Å². The third-order valence-electron chi connectivity index (χ3n) is 6.92. The lowest BCUT2D eigenvalue weighted by Gasteiger charge is -2.35. The van der Waals surface area contributed by atoms with Gasteiger partial charge in [-0.25, -0.2) is 0 Å². The molecule has 0 bridgehead atoms. The van der Waals surface area contributed by atoms with Crippen molar-refractivity contribution in [3.63, 3.8) is 0 Å². The van der Waals surface area contributed by atoms with Crippen molar-refractivity contribution in [2.24, 2.45) is 5.92 Å². The second-order valence-electron chi connectivity index (χ2n) is 9.45. The fourth-order valence-electron chi connectivity index (χ4n) is 4.81. The maximum absolute atomic E-state index is 13.5. The molecule has 33 heavy (non-hydrogen) atoms. The molecule has 1 heterocycles. The number of rotatable bonds is 11. The molecule has 178 valence electrons. The van der Waals surface area contributed by atoms with Crippen LogP contribution in [0.4, 0.5) is 0 Å². The molecule has 1 aromatic carbocycles. The first-order valence-electron chi connectivity index (χ1n) is 12.4. The van der Waals surface area contributed by atoms with Crippen molar-refractivity contribution in [3.05, 3.63) is 59.9 Å². The summed E-state index contributed by atoms with van der Waals surface area (Å²) in [5.74, 6) is 0.337. The summed E-state index contributed by atoms with van der Waals surface area (Å²) >= 11 is 0. The Morgan fingerprint density at radius 1 is 1.00 bits per heavy atom. The molecule has 0 spiro atoms. The SMILES string of the molecule is COCCN(Cc1cccn1Cc1ccccc1)C(=O)CN(C(=O)C1CC1)C1CCCCC1. The predicted octanol–water partition coefficient (Wildman–Crippen LogP) is 4.08. The third-order valence-corrected chi connectivity index (χ3v) is 6.92. The van der Waals surface area contributed by atoms with E-state index >= 15 is 0 Å². The first-order chi connectivity index (χ1) is 16.2. The normalized spacial score (nSPS) is 16.5. The number of nitrogens with zero attached hydrogens (tertiary/aromatic N) is 3. The van der Waals surface area contributed by atoms with Gasteiger partial charge >= 0.3 is 0 Å². The Labute approximate surface area is 197 Å². The van der Waals surface area contributed by atoms with Gasteiger partial charge in [0.1, 0.15) is 6.54 Å². The van der Waals surface area contributed by atoms with Gasteiger partial charge in [0.2, 0.25) is 11.8 Å². The minimum Gasteiger partial charge on any atom is -0.383 e. The van der Waals surface area contributed by atoms with Crippen molar-refractivity contribution in [2.45, 2.75) is 64.1 Å². The van der Waals surface area contributed by atoms with Crippen LogP contribution in [0.15, 0.2) is 48.7 Å². The maximum atomic E-state index is 13.5. The number of carbonyl (C=O) groups excluding carboxylic acids is 2. The second kappa shape index (κ2) is 11.5. The lowest BCUT2D eigenvalue weighted by molar-refractivity contribution is -0.144. The molecule has 6 nitrogen and oxygen atoms in total. The Bertz CT molecular complexity index is 900. The van der Waals surface area contributed by atoms with Crippen molar-refractivity contribution in [2.75, 3.05) is 26.8 Å². The molecule has 0 unspecified atom stereocenters. The molecule has 6 heteroatoms. The third kappa shape index (κ3) is 6.47. The molecule has 2 aliphatic carbocycles. The Kier molecular flexibility index (Phi) is 8.21. The van der Waals surface area contributed by atoms with Crippen LogP contribution in [0.1, 0.15) is 56.2 Å². The summed E-state index contributed by atoms with van der Waals surface area (Å²) in [4.78, 5) is 30.4. The van der Waals surface area contributed by atoms with Crippen LogP contribution in [0.25, 0.3) is 0 Å². The van der Waals surface area contributed by atoms with Gasteiger partial charge in [-0.2, -0.15) is 0 Å². The van der Waals surface area contributed by atoms with Crippen molar-refractivity contribution >= 4 is 11.8 Å². The average Bonchev–Trinajstić information content (AvgIpc) is 3.62. The summed E-state index contributed by atoms with van der Waals surface area (Å²) in [7, 11) is 1.66. The van der Waals surface area contributed by atoms with Gasteiger partial charge in [0.15, 0.2) is 0 Å². The molecule has 2 saturated carbocycles. The zero-order valence-corrected chi connectivity index (χ0v) is 19.8. The van der Waals surface area contributed by atoms with E-state index in [9.17, 15) is 9.59 Å². The number of benzene rings is 1. The molecule has 0 aliphatic heterocycles. The van der Waals surface area contributed by atoms with E-state index in [0.717, 1.165) is 50.8 Å². The lowest BCUT2D eigenvalue weighted by atomic mass is 9.93.